The molecule has 0 unspecified atom stereocenters. The van der Waals surface area contributed by atoms with Crippen LogP contribution in [0.1, 0.15) is 33.1 Å². The standard InChI is InChI=1S/C9H17NO3/c1-3-8(4-2)7-10-13-6-5-9(11)12/h7-8H,3-6H2,1-2H3,(H,11,12)/b10-7+. The summed E-state index contributed by atoms with van der Waals surface area (Å²) in [6, 6.07) is 0. The Balaban J connectivity index is 3.44. The first-order valence-corrected chi connectivity index (χ1v) is 4.57. The topological polar surface area (TPSA) is 58.9 Å². The van der Waals surface area contributed by atoms with Crippen molar-refractivity contribution in [3.63, 3.8) is 0 Å². The molecular formula is C9H17NO3. The van der Waals surface area contributed by atoms with Gasteiger partial charge in [0.15, 0.2) is 0 Å². The number of oxime groups is 1. The molecule has 0 aromatic rings. The minimum absolute atomic E-state index is 0.000255. The smallest absolute Gasteiger partial charge is 0.306 e. The van der Waals surface area contributed by atoms with Crippen LogP contribution in [0.5, 0.6) is 0 Å². The van der Waals surface area contributed by atoms with E-state index in [0.29, 0.717) is 5.92 Å². The highest BCUT2D eigenvalue weighted by molar-refractivity contribution is 5.66. The number of carbonyl (C=O) groups is 1. The molecule has 0 atom stereocenters. The van der Waals surface area contributed by atoms with E-state index >= 15 is 0 Å². The van der Waals surface area contributed by atoms with Gasteiger partial charge in [-0.25, -0.2) is 0 Å². The van der Waals surface area contributed by atoms with Crippen LogP contribution in [0, 0.1) is 5.92 Å². The lowest BCUT2D eigenvalue weighted by atomic mass is 10.1. The highest BCUT2D eigenvalue weighted by atomic mass is 16.6. The first kappa shape index (κ1) is 11.9. The molecule has 0 saturated heterocycles. The Kier molecular flexibility index (Phi) is 6.96. The van der Waals surface area contributed by atoms with E-state index in [0.717, 1.165) is 12.8 Å². The fourth-order valence-corrected chi connectivity index (χ4v) is 0.814. The molecule has 0 fully saturated rings. The zero-order valence-corrected chi connectivity index (χ0v) is 8.19. The van der Waals surface area contributed by atoms with Gasteiger partial charge in [-0.15, -0.1) is 0 Å². The lowest BCUT2D eigenvalue weighted by molar-refractivity contribution is -0.138. The molecule has 76 valence electrons. The Morgan fingerprint density at radius 1 is 1.54 bits per heavy atom. The van der Waals surface area contributed by atoms with Crippen LogP contribution in [-0.4, -0.2) is 23.9 Å². The quantitative estimate of drug-likeness (QED) is 0.376. The van der Waals surface area contributed by atoms with Crippen molar-refractivity contribution in [1.82, 2.24) is 0 Å². The van der Waals surface area contributed by atoms with Gasteiger partial charge in [0.05, 0.1) is 6.42 Å². The summed E-state index contributed by atoms with van der Waals surface area (Å²) in [4.78, 5) is 14.8. The van der Waals surface area contributed by atoms with Gasteiger partial charge in [0.1, 0.15) is 6.61 Å². The van der Waals surface area contributed by atoms with Crippen LogP contribution < -0.4 is 0 Å². The summed E-state index contributed by atoms with van der Waals surface area (Å²) in [5.74, 6) is -0.428. The molecule has 0 aliphatic carbocycles. The number of rotatable bonds is 7. The van der Waals surface area contributed by atoms with Crippen LogP contribution >= 0.6 is 0 Å². The zero-order valence-electron chi connectivity index (χ0n) is 8.19. The second-order valence-corrected chi connectivity index (χ2v) is 2.81. The molecule has 0 rings (SSSR count). The van der Waals surface area contributed by atoms with Gasteiger partial charge >= 0.3 is 5.97 Å². The van der Waals surface area contributed by atoms with Crippen molar-refractivity contribution in [1.29, 1.82) is 0 Å². The molecule has 0 radical (unpaired) electrons. The minimum atomic E-state index is -0.863. The van der Waals surface area contributed by atoms with Crippen LogP contribution in [0.15, 0.2) is 5.16 Å². The van der Waals surface area contributed by atoms with E-state index in [4.69, 9.17) is 9.94 Å². The van der Waals surface area contributed by atoms with Crippen molar-refractivity contribution in [2.75, 3.05) is 6.61 Å². The van der Waals surface area contributed by atoms with Crippen LogP contribution in [0.2, 0.25) is 0 Å². The molecule has 0 aromatic heterocycles. The Labute approximate surface area is 78.6 Å². The predicted molar refractivity (Wildman–Crippen MR) is 50.8 cm³/mol. The van der Waals surface area contributed by atoms with Crippen LogP contribution in [-0.2, 0) is 9.63 Å². The fraction of sp³-hybridized carbons (Fsp3) is 0.778. The summed E-state index contributed by atoms with van der Waals surface area (Å²) in [5.41, 5.74) is 0. The van der Waals surface area contributed by atoms with Gasteiger partial charge in [-0.2, -0.15) is 0 Å². The van der Waals surface area contributed by atoms with Gasteiger partial charge in [0, 0.05) is 6.21 Å². The van der Waals surface area contributed by atoms with E-state index in [1.54, 1.807) is 6.21 Å². The number of aliphatic carboxylic acids is 1. The molecule has 4 heteroatoms. The Morgan fingerprint density at radius 3 is 2.62 bits per heavy atom. The average molecular weight is 187 g/mol. The van der Waals surface area contributed by atoms with Crippen LogP contribution in [0.4, 0.5) is 0 Å². The number of hydrogen-bond donors (Lipinski definition) is 1. The molecule has 0 amide bonds. The normalized spacial score (nSPS) is 11.0. The van der Waals surface area contributed by atoms with E-state index in [1.807, 2.05) is 0 Å². The van der Waals surface area contributed by atoms with Gasteiger partial charge in [-0.05, 0) is 18.8 Å². The van der Waals surface area contributed by atoms with E-state index in [1.165, 1.54) is 0 Å². The Bertz CT molecular complexity index is 164. The fourth-order valence-electron chi connectivity index (χ4n) is 0.814. The average Bonchev–Trinajstić information content (AvgIpc) is 2.11. The number of carboxylic acid groups (broad SMARTS) is 1. The van der Waals surface area contributed by atoms with Gasteiger partial charge < -0.3 is 9.94 Å². The molecule has 0 spiro atoms. The zero-order chi connectivity index (χ0) is 10.1. The summed E-state index contributed by atoms with van der Waals surface area (Å²) in [6.07, 6.45) is 3.80. The van der Waals surface area contributed by atoms with Crippen molar-refractivity contribution in [2.24, 2.45) is 11.1 Å². The first-order valence-electron chi connectivity index (χ1n) is 4.57. The molecule has 4 nitrogen and oxygen atoms in total. The maximum absolute atomic E-state index is 10.1. The molecule has 1 N–H and O–H groups in total. The predicted octanol–water partition coefficient (Wildman–Crippen LogP) is 1.90. The van der Waals surface area contributed by atoms with E-state index in [2.05, 4.69) is 19.0 Å². The summed E-state index contributed by atoms with van der Waals surface area (Å²) in [5, 5.41) is 12.0. The summed E-state index contributed by atoms with van der Waals surface area (Å²) >= 11 is 0. The highest BCUT2D eigenvalue weighted by Crippen LogP contribution is 2.03. The summed E-state index contributed by atoms with van der Waals surface area (Å²) < 4.78 is 0. The first-order chi connectivity index (χ1) is 6.20. The molecule has 0 aliphatic rings. The molecule has 0 aromatic carbocycles. The molecule has 13 heavy (non-hydrogen) atoms. The van der Waals surface area contributed by atoms with Crippen molar-refractivity contribution in [2.45, 2.75) is 33.1 Å². The molecule has 0 bridgehead atoms. The lowest BCUT2D eigenvalue weighted by Crippen LogP contribution is -2.02. The largest absolute Gasteiger partial charge is 0.481 e. The SMILES string of the molecule is CCC(/C=N/OCCC(=O)O)CC. The number of hydrogen-bond acceptors (Lipinski definition) is 3. The number of carboxylic acids is 1. The molecule has 0 aliphatic heterocycles. The third-order valence-corrected chi connectivity index (χ3v) is 1.80. The van der Waals surface area contributed by atoms with Gasteiger partial charge in [0.2, 0.25) is 0 Å². The monoisotopic (exact) mass is 187 g/mol. The van der Waals surface area contributed by atoms with E-state index in [9.17, 15) is 4.79 Å². The molecular weight excluding hydrogens is 170 g/mol. The van der Waals surface area contributed by atoms with Gasteiger partial charge in [0.25, 0.3) is 0 Å². The minimum Gasteiger partial charge on any atom is -0.481 e. The maximum atomic E-state index is 10.1. The van der Waals surface area contributed by atoms with Crippen molar-refractivity contribution in [3.8, 4) is 0 Å². The summed E-state index contributed by atoms with van der Waals surface area (Å²) in [6.45, 7) is 4.31. The van der Waals surface area contributed by atoms with E-state index < -0.39 is 5.97 Å². The van der Waals surface area contributed by atoms with Crippen LogP contribution in [0.3, 0.4) is 0 Å². The third-order valence-electron chi connectivity index (χ3n) is 1.80. The number of nitrogens with zero attached hydrogens (tertiary/aromatic N) is 1. The highest BCUT2D eigenvalue weighted by Gasteiger charge is 1.98. The Hall–Kier alpha value is -1.06. The Morgan fingerprint density at radius 2 is 2.15 bits per heavy atom. The van der Waals surface area contributed by atoms with Crippen molar-refractivity contribution in [3.05, 3.63) is 0 Å². The maximum Gasteiger partial charge on any atom is 0.306 e. The summed E-state index contributed by atoms with van der Waals surface area (Å²) in [7, 11) is 0. The lowest BCUT2D eigenvalue weighted by Gasteiger charge is -2.03. The second kappa shape index (κ2) is 7.58. The van der Waals surface area contributed by atoms with Crippen LogP contribution in [0.25, 0.3) is 0 Å². The van der Waals surface area contributed by atoms with Crippen molar-refractivity contribution >= 4 is 12.2 Å². The van der Waals surface area contributed by atoms with E-state index in [-0.39, 0.29) is 13.0 Å². The van der Waals surface area contributed by atoms with Gasteiger partial charge in [-0.1, -0.05) is 19.0 Å². The molecule has 0 heterocycles. The third kappa shape index (κ3) is 7.31. The molecule has 0 saturated carbocycles. The van der Waals surface area contributed by atoms with Gasteiger partial charge in [-0.3, -0.25) is 4.79 Å². The second-order valence-electron chi connectivity index (χ2n) is 2.81. The van der Waals surface area contributed by atoms with Crippen molar-refractivity contribution < 1.29 is 14.7 Å².